The van der Waals surface area contributed by atoms with Gasteiger partial charge in [-0.3, -0.25) is 0 Å². The quantitative estimate of drug-likeness (QED) is 0.707. The van der Waals surface area contributed by atoms with E-state index in [0.29, 0.717) is 30.6 Å². The minimum absolute atomic E-state index is 0.117. The average Bonchev–Trinajstić information content (AvgIpc) is 2.75. The second-order valence-corrected chi connectivity index (χ2v) is 9.10. The minimum Gasteiger partial charge on any atom is -0.444 e. The third kappa shape index (κ3) is 6.51. The highest BCUT2D eigenvalue weighted by atomic mass is 19.1. The summed E-state index contributed by atoms with van der Waals surface area (Å²) in [5.41, 5.74) is -0.994. The molecule has 0 spiro atoms. The molecule has 1 saturated heterocycles. The zero-order valence-corrected chi connectivity index (χ0v) is 19.2. The summed E-state index contributed by atoms with van der Waals surface area (Å²) in [6.45, 7) is 7.54. The number of aromatic nitrogens is 2. The molecule has 0 bridgehead atoms. The van der Waals surface area contributed by atoms with Crippen molar-refractivity contribution in [3.05, 3.63) is 41.7 Å². The molecule has 176 valence electrons. The summed E-state index contributed by atoms with van der Waals surface area (Å²) in [6, 6.07) is 5.02. The number of piperidine rings is 1. The number of ether oxygens (including phenoxy) is 1. The van der Waals surface area contributed by atoms with Crippen LogP contribution in [0.15, 0.2) is 24.5 Å². The van der Waals surface area contributed by atoms with Crippen LogP contribution in [-0.2, 0) is 4.74 Å². The van der Waals surface area contributed by atoms with Gasteiger partial charge in [-0.1, -0.05) is 0 Å². The second kappa shape index (κ2) is 9.98. The first-order valence-electron chi connectivity index (χ1n) is 10.7. The van der Waals surface area contributed by atoms with Gasteiger partial charge in [0.2, 0.25) is 0 Å². The zero-order valence-electron chi connectivity index (χ0n) is 19.2. The van der Waals surface area contributed by atoms with Gasteiger partial charge in [-0.15, -0.1) is 0 Å². The average molecular weight is 459 g/mol. The van der Waals surface area contributed by atoms with Crippen LogP contribution in [0.5, 0.6) is 0 Å². The smallest absolute Gasteiger partial charge is 0.410 e. The number of hydrogen-bond donors (Lipinski definition) is 1. The van der Waals surface area contributed by atoms with Crippen LogP contribution in [0, 0.1) is 28.9 Å². The number of carbonyl (C=O) groups excluding carboxylic acids is 1. The number of hydrogen-bond acceptors (Lipinski definition) is 7. The molecule has 8 nitrogen and oxygen atoms in total. The van der Waals surface area contributed by atoms with Gasteiger partial charge in [0, 0.05) is 38.8 Å². The molecular formula is C23H28F2N6O2. The number of likely N-dealkylation sites (tertiary alicyclic amines) is 1. The van der Waals surface area contributed by atoms with Gasteiger partial charge in [0.1, 0.15) is 41.3 Å². The van der Waals surface area contributed by atoms with Gasteiger partial charge in [-0.2, -0.15) is 5.26 Å². The molecule has 1 fully saturated rings. The van der Waals surface area contributed by atoms with Crippen molar-refractivity contribution in [3.8, 4) is 6.07 Å². The monoisotopic (exact) mass is 458 g/mol. The predicted octanol–water partition coefficient (Wildman–Crippen LogP) is 4.45. The molecular weight excluding hydrogens is 430 g/mol. The molecule has 1 N–H and O–H groups in total. The topological polar surface area (TPSA) is 94.4 Å². The van der Waals surface area contributed by atoms with Crippen molar-refractivity contribution in [3.63, 3.8) is 0 Å². The van der Waals surface area contributed by atoms with E-state index in [4.69, 9.17) is 10.00 Å². The summed E-state index contributed by atoms with van der Waals surface area (Å²) in [5, 5.41) is 11.6. The maximum absolute atomic E-state index is 14.2. The van der Waals surface area contributed by atoms with Gasteiger partial charge in [-0.25, -0.2) is 23.5 Å². The fourth-order valence-electron chi connectivity index (χ4n) is 3.60. The number of amides is 1. The summed E-state index contributed by atoms with van der Waals surface area (Å²) in [5.74, 6) is -0.278. The zero-order chi connectivity index (χ0) is 24.2. The number of rotatable bonds is 5. The Morgan fingerprint density at radius 3 is 2.58 bits per heavy atom. The molecule has 0 saturated carbocycles. The van der Waals surface area contributed by atoms with Gasteiger partial charge >= 0.3 is 6.09 Å². The first kappa shape index (κ1) is 24.2. The summed E-state index contributed by atoms with van der Waals surface area (Å²) in [6.07, 6.45) is 2.75. The van der Waals surface area contributed by atoms with E-state index in [1.807, 2.05) is 32.7 Å². The lowest BCUT2D eigenvalue weighted by atomic mass is 9.96. The van der Waals surface area contributed by atoms with Crippen LogP contribution in [0.25, 0.3) is 0 Å². The highest BCUT2D eigenvalue weighted by Crippen LogP contribution is 2.25. The Morgan fingerprint density at radius 1 is 1.24 bits per heavy atom. The predicted molar refractivity (Wildman–Crippen MR) is 120 cm³/mol. The number of halogens is 2. The van der Waals surface area contributed by atoms with E-state index in [0.717, 1.165) is 31.5 Å². The Hall–Kier alpha value is -3.48. The summed E-state index contributed by atoms with van der Waals surface area (Å²) in [4.78, 5) is 24.3. The van der Waals surface area contributed by atoms with Gasteiger partial charge in [0.25, 0.3) is 0 Å². The van der Waals surface area contributed by atoms with Crippen molar-refractivity contribution in [2.75, 3.05) is 36.9 Å². The fraction of sp³-hybridized carbons (Fsp3) is 0.478. The van der Waals surface area contributed by atoms with Gasteiger partial charge < -0.3 is 19.9 Å². The number of nitrogens with zero attached hydrogens (tertiary/aromatic N) is 5. The molecule has 1 aromatic heterocycles. The fourth-order valence-corrected chi connectivity index (χ4v) is 3.60. The lowest BCUT2D eigenvalue weighted by Crippen LogP contribution is -2.43. The van der Waals surface area contributed by atoms with E-state index >= 15 is 0 Å². The second-order valence-electron chi connectivity index (χ2n) is 9.10. The molecule has 0 atom stereocenters. The van der Waals surface area contributed by atoms with E-state index in [1.165, 1.54) is 6.33 Å². The van der Waals surface area contributed by atoms with Crippen molar-refractivity contribution < 1.29 is 18.3 Å². The number of nitriles is 1. The van der Waals surface area contributed by atoms with E-state index in [9.17, 15) is 13.6 Å². The maximum Gasteiger partial charge on any atom is 0.410 e. The molecule has 3 rings (SSSR count). The molecule has 1 amide bonds. The lowest BCUT2D eigenvalue weighted by molar-refractivity contribution is 0.0186. The Balaban J connectivity index is 1.58. The van der Waals surface area contributed by atoms with E-state index in [1.54, 1.807) is 17.0 Å². The minimum atomic E-state index is -0.814. The summed E-state index contributed by atoms with van der Waals surface area (Å²) < 4.78 is 33.5. The summed E-state index contributed by atoms with van der Waals surface area (Å²) in [7, 11) is 1.90. The van der Waals surface area contributed by atoms with Crippen LogP contribution < -0.4 is 10.2 Å². The van der Waals surface area contributed by atoms with Crippen molar-refractivity contribution in [2.45, 2.75) is 39.2 Å². The Labute approximate surface area is 192 Å². The molecule has 2 heterocycles. The Bertz CT molecular complexity index is 1040. The standard InChI is InChI=1S/C23H28F2N6O2/c1-23(2,3)33-22(32)31-7-5-15(6-8-31)13-30(4)21-11-20(27-14-28-21)29-19-10-17(24)16(12-26)9-18(19)25/h9-11,14-15H,5-8,13H2,1-4H3,(H,27,28,29). The molecule has 10 heteroatoms. The Kier molecular flexibility index (Phi) is 7.31. The van der Waals surface area contributed by atoms with Crippen LogP contribution in [-0.4, -0.2) is 53.2 Å². The third-order valence-corrected chi connectivity index (χ3v) is 5.28. The van der Waals surface area contributed by atoms with Crippen molar-refractivity contribution >= 4 is 23.4 Å². The lowest BCUT2D eigenvalue weighted by Gasteiger charge is -2.35. The van der Waals surface area contributed by atoms with Gasteiger partial charge in [0.05, 0.1) is 11.3 Å². The van der Waals surface area contributed by atoms with Crippen LogP contribution in [0.3, 0.4) is 0 Å². The number of nitrogens with one attached hydrogen (secondary N) is 1. The van der Waals surface area contributed by atoms with Crippen molar-refractivity contribution in [1.29, 1.82) is 5.26 Å². The molecule has 1 aliphatic heterocycles. The van der Waals surface area contributed by atoms with Crippen LogP contribution in [0.4, 0.5) is 30.9 Å². The van der Waals surface area contributed by atoms with Crippen LogP contribution in [0.2, 0.25) is 0 Å². The molecule has 0 unspecified atom stereocenters. The molecule has 1 aliphatic rings. The largest absolute Gasteiger partial charge is 0.444 e. The van der Waals surface area contributed by atoms with Crippen molar-refractivity contribution in [1.82, 2.24) is 14.9 Å². The van der Waals surface area contributed by atoms with Crippen LogP contribution in [0.1, 0.15) is 39.2 Å². The van der Waals surface area contributed by atoms with E-state index < -0.39 is 17.2 Å². The number of anilines is 3. The van der Waals surface area contributed by atoms with E-state index in [2.05, 4.69) is 15.3 Å². The Morgan fingerprint density at radius 2 is 1.94 bits per heavy atom. The highest BCUT2D eigenvalue weighted by molar-refractivity contribution is 5.68. The SMILES string of the molecule is CN(CC1CCN(C(=O)OC(C)(C)C)CC1)c1cc(Nc2cc(F)c(C#N)cc2F)ncn1. The van der Waals surface area contributed by atoms with Gasteiger partial charge in [-0.05, 0) is 45.6 Å². The first-order chi connectivity index (χ1) is 15.6. The third-order valence-electron chi connectivity index (χ3n) is 5.28. The highest BCUT2D eigenvalue weighted by Gasteiger charge is 2.27. The number of benzene rings is 1. The normalized spacial score (nSPS) is 14.5. The van der Waals surface area contributed by atoms with Gasteiger partial charge in [0.15, 0.2) is 0 Å². The number of carbonyl (C=O) groups is 1. The van der Waals surface area contributed by atoms with Crippen molar-refractivity contribution in [2.24, 2.45) is 5.92 Å². The molecule has 0 aliphatic carbocycles. The molecule has 2 aromatic rings. The summed E-state index contributed by atoms with van der Waals surface area (Å²) >= 11 is 0. The molecule has 1 aromatic carbocycles. The molecule has 33 heavy (non-hydrogen) atoms. The molecule has 0 radical (unpaired) electrons. The van der Waals surface area contributed by atoms with Crippen LogP contribution >= 0.6 is 0 Å². The first-order valence-corrected chi connectivity index (χ1v) is 10.7. The van der Waals surface area contributed by atoms with E-state index in [-0.39, 0.29) is 17.3 Å². The maximum atomic E-state index is 14.2.